The van der Waals surface area contributed by atoms with Crippen LogP contribution in [-0.2, 0) is 33.2 Å². The lowest BCUT2D eigenvalue weighted by Gasteiger charge is -2.64. The standard InChI is InChI=1S/C38H60O18/c1-15-10-38-8-5-21-36(2,6-4-7-37(21,3)35(50)56-33-30(49)27(46)24(43)19(13-40)53-33)22(38)9-17(16(15)11-38)51-34-31(28(47)25(44)20(14-41)54-34)55-32-29(48)26(45)23(42)18(12-39)52-32/h16-34,39-49H,1,4-14H2,2-3H3/t16-,17?,18+,19-,20+,21?,22?,23+,24-,25+,26-,27+,28-,29+,30-,31+,32-,33+,34-,36+,37+,38+/m0/s1. The molecule has 3 heterocycles. The van der Waals surface area contributed by atoms with Gasteiger partial charge in [0.2, 0.25) is 6.29 Å². The number of hydrogen-bond donors (Lipinski definition) is 11. The minimum atomic E-state index is -1.81. The zero-order chi connectivity index (χ0) is 40.6. The molecule has 4 saturated carbocycles. The van der Waals surface area contributed by atoms with Crippen LogP contribution in [0.1, 0.15) is 65.2 Å². The second-order valence-corrected chi connectivity index (χ2v) is 17.9. The van der Waals surface area contributed by atoms with Crippen molar-refractivity contribution in [3.05, 3.63) is 12.2 Å². The van der Waals surface area contributed by atoms with Gasteiger partial charge in [-0.15, -0.1) is 0 Å². The topological polar surface area (TPSA) is 295 Å². The number of esters is 1. The Balaban J connectivity index is 1.13. The molecule has 7 rings (SSSR count). The molecule has 3 aliphatic heterocycles. The van der Waals surface area contributed by atoms with E-state index < -0.39 is 135 Å². The Morgan fingerprint density at radius 1 is 0.696 bits per heavy atom. The van der Waals surface area contributed by atoms with Crippen LogP contribution in [0.4, 0.5) is 0 Å². The highest BCUT2D eigenvalue weighted by molar-refractivity contribution is 5.77. The summed E-state index contributed by atoms with van der Waals surface area (Å²) in [6.07, 6.45) is -18.9. The summed E-state index contributed by atoms with van der Waals surface area (Å²) in [4.78, 5) is 14.2. The Hall–Kier alpha value is -1.43. The molecule has 3 saturated heterocycles. The van der Waals surface area contributed by atoms with Gasteiger partial charge in [0.25, 0.3) is 0 Å². The van der Waals surface area contributed by atoms with Gasteiger partial charge in [-0.1, -0.05) is 25.5 Å². The molecule has 1 spiro atoms. The van der Waals surface area contributed by atoms with Gasteiger partial charge in [0.1, 0.15) is 73.2 Å². The molecule has 2 bridgehead atoms. The number of aliphatic hydroxyl groups excluding tert-OH is 11. The second-order valence-electron chi connectivity index (χ2n) is 17.9. The maximum atomic E-state index is 14.2. The smallest absolute Gasteiger partial charge is 0.314 e. The van der Waals surface area contributed by atoms with Crippen LogP contribution in [-0.4, -0.2) is 180 Å². The monoisotopic (exact) mass is 804 g/mol. The number of rotatable bonds is 9. The van der Waals surface area contributed by atoms with Gasteiger partial charge in [-0.2, -0.15) is 0 Å². The summed E-state index contributed by atoms with van der Waals surface area (Å²) in [5.41, 5.74) is -0.627. The van der Waals surface area contributed by atoms with E-state index in [2.05, 4.69) is 13.5 Å². The maximum Gasteiger partial charge on any atom is 0.314 e. The average molecular weight is 805 g/mol. The van der Waals surface area contributed by atoms with E-state index in [-0.39, 0.29) is 23.2 Å². The SMILES string of the molecule is C=C1C[C@@]23CCC4[C@@](C)(CCC[C@@]4(C)C(=O)O[C@H]4O[C@@H](CO)[C@H](O)[C@@H](O)[C@@H]4O)C2CC(O[C@H]2O[C@H](CO)[C@@H](O)[C@H](O)[C@H]2O[C@@H]2O[C@H](CO)[C@@H](O)[C@H](O)[C@H]2O)[C@H]1C3. The van der Waals surface area contributed by atoms with Crippen LogP contribution in [0.3, 0.4) is 0 Å². The zero-order valence-corrected chi connectivity index (χ0v) is 31.7. The maximum absolute atomic E-state index is 14.2. The largest absolute Gasteiger partial charge is 0.432 e. The van der Waals surface area contributed by atoms with Crippen molar-refractivity contribution in [3.63, 3.8) is 0 Å². The molecule has 7 aliphatic rings. The van der Waals surface area contributed by atoms with Gasteiger partial charge < -0.3 is 84.6 Å². The Morgan fingerprint density at radius 3 is 1.86 bits per heavy atom. The van der Waals surface area contributed by atoms with Gasteiger partial charge in [0.05, 0.1) is 31.3 Å². The molecule has 7 fully saturated rings. The minimum absolute atomic E-state index is 0.00788. The summed E-state index contributed by atoms with van der Waals surface area (Å²) in [5, 5.41) is 114. The van der Waals surface area contributed by atoms with E-state index in [1.807, 2.05) is 6.92 Å². The van der Waals surface area contributed by atoms with Crippen LogP contribution >= 0.6 is 0 Å². The summed E-state index contributed by atoms with van der Waals surface area (Å²) in [5.74, 6) is -0.943. The fourth-order valence-electron chi connectivity index (χ4n) is 11.9. The van der Waals surface area contributed by atoms with Crippen LogP contribution in [0.2, 0.25) is 0 Å². The highest BCUT2D eigenvalue weighted by Crippen LogP contribution is 2.72. The van der Waals surface area contributed by atoms with Crippen LogP contribution < -0.4 is 0 Å². The lowest BCUT2D eigenvalue weighted by atomic mass is 9.41. The van der Waals surface area contributed by atoms with E-state index >= 15 is 0 Å². The first-order chi connectivity index (χ1) is 26.4. The van der Waals surface area contributed by atoms with E-state index in [0.29, 0.717) is 25.7 Å². The molecule has 0 aromatic rings. The molecule has 4 aliphatic carbocycles. The molecule has 56 heavy (non-hydrogen) atoms. The Labute approximate surface area is 324 Å². The molecule has 18 nitrogen and oxygen atoms in total. The lowest BCUT2D eigenvalue weighted by Crippen LogP contribution is -2.65. The number of carbonyl (C=O) groups excluding carboxylic acids is 1. The van der Waals surface area contributed by atoms with Crippen molar-refractivity contribution in [1.82, 2.24) is 0 Å². The fourth-order valence-corrected chi connectivity index (χ4v) is 11.9. The molecule has 11 N–H and O–H groups in total. The third-order valence-corrected chi connectivity index (χ3v) is 14.9. The van der Waals surface area contributed by atoms with Gasteiger partial charge in [-0.05, 0) is 74.5 Å². The minimum Gasteiger partial charge on any atom is -0.432 e. The van der Waals surface area contributed by atoms with Crippen LogP contribution in [0.25, 0.3) is 0 Å². The summed E-state index contributed by atoms with van der Waals surface area (Å²) < 4.78 is 35.5. The van der Waals surface area contributed by atoms with Gasteiger partial charge in [0, 0.05) is 5.92 Å². The van der Waals surface area contributed by atoms with E-state index in [1.54, 1.807) is 0 Å². The van der Waals surface area contributed by atoms with Gasteiger partial charge in [0.15, 0.2) is 12.6 Å². The summed E-state index contributed by atoms with van der Waals surface area (Å²) >= 11 is 0. The van der Waals surface area contributed by atoms with Crippen molar-refractivity contribution in [2.24, 2.45) is 34.0 Å². The first-order valence-corrected chi connectivity index (χ1v) is 19.9. The van der Waals surface area contributed by atoms with Gasteiger partial charge in [-0.3, -0.25) is 4.79 Å². The molecular weight excluding hydrogens is 744 g/mol. The highest BCUT2D eigenvalue weighted by atomic mass is 16.8. The molecule has 320 valence electrons. The Morgan fingerprint density at radius 2 is 1.25 bits per heavy atom. The number of hydrogen-bond acceptors (Lipinski definition) is 18. The van der Waals surface area contributed by atoms with E-state index in [4.69, 9.17) is 28.4 Å². The predicted octanol–water partition coefficient (Wildman–Crippen LogP) is -3.08. The molecule has 0 amide bonds. The zero-order valence-electron chi connectivity index (χ0n) is 31.7. The Bertz CT molecular complexity index is 1430. The summed E-state index contributed by atoms with van der Waals surface area (Å²) in [6.45, 7) is 6.43. The first kappa shape index (κ1) is 42.7. The number of carbonyl (C=O) groups is 1. The van der Waals surface area contributed by atoms with Gasteiger partial charge in [-0.25, -0.2) is 0 Å². The predicted molar refractivity (Wildman–Crippen MR) is 186 cm³/mol. The van der Waals surface area contributed by atoms with Gasteiger partial charge >= 0.3 is 5.97 Å². The molecule has 3 unspecified atom stereocenters. The molecule has 0 aromatic carbocycles. The number of ether oxygens (including phenoxy) is 6. The molecule has 18 heteroatoms. The Kier molecular flexibility index (Phi) is 12.1. The van der Waals surface area contributed by atoms with Crippen molar-refractivity contribution in [3.8, 4) is 0 Å². The van der Waals surface area contributed by atoms with Crippen molar-refractivity contribution >= 4 is 5.97 Å². The third kappa shape index (κ3) is 6.88. The number of aliphatic hydroxyl groups is 11. The van der Waals surface area contributed by atoms with E-state index in [1.165, 1.54) is 0 Å². The van der Waals surface area contributed by atoms with Crippen molar-refractivity contribution in [2.75, 3.05) is 19.8 Å². The first-order valence-electron chi connectivity index (χ1n) is 19.9. The average Bonchev–Trinajstić information content (AvgIpc) is 3.44. The summed E-state index contributed by atoms with van der Waals surface area (Å²) in [6, 6.07) is 0. The third-order valence-electron chi connectivity index (χ3n) is 14.9. The molecule has 22 atom stereocenters. The second kappa shape index (κ2) is 15.9. The quantitative estimate of drug-likeness (QED) is 0.0626. The van der Waals surface area contributed by atoms with Crippen molar-refractivity contribution < 1.29 is 89.4 Å². The summed E-state index contributed by atoms with van der Waals surface area (Å²) in [7, 11) is 0. The van der Waals surface area contributed by atoms with Crippen LogP contribution in [0.5, 0.6) is 0 Å². The van der Waals surface area contributed by atoms with Crippen LogP contribution in [0, 0.1) is 34.0 Å². The molecule has 0 radical (unpaired) electrons. The van der Waals surface area contributed by atoms with E-state index in [9.17, 15) is 61.0 Å². The van der Waals surface area contributed by atoms with Crippen molar-refractivity contribution in [1.29, 1.82) is 0 Å². The van der Waals surface area contributed by atoms with Crippen LogP contribution in [0.15, 0.2) is 12.2 Å². The number of fused-ring (bicyclic) bond motifs is 3. The van der Waals surface area contributed by atoms with Crippen molar-refractivity contribution in [2.45, 2.75) is 163 Å². The lowest BCUT2D eigenvalue weighted by molar-refractivity contribution is -0.374. The molecule has 0 aromatic heterocycles. The fraction of sp³-hybridized carbons (Fsp3) is 0.921. The normalized spacial score (nSPS) is 54.6. The molecular formula is C38H60O18. The van der Waals surface area contributed by atoms with E-state index in [0.717, 1.165) is 31.3 Å². The highest BCUT2D eigenvalue weighted by Gasteiger charge is 2.68.